The van der Waals surface area contributed by atoms with Crippen LogP contribution in [0.5, 0.6) is 5.75 Å². The van der Waals surface area contributed by atoms with Gasteiger partial charge < -0.3 is 25.0 Å². The van der Waals surface area contributed by atoms with Crippen LogP contribution in [-0.2, 0) is 11.3 Å². The van der Waals surface area contributed by atoms with Gasteiger partial charge in [-0.2, -0.15) is 0 Å². The van der Waals surface area contributed by atoms with Crippen molar-refractivity contribution in [2.24, 2.45) is 4.99 Å². The van der Waals surface area contributed by atoms with Crippen LogP contribution in [0.4, 0.5) is 11.5 Å². The Labute approximate surface area is 174 Å². The average Bonchev–Trinajstić information content (AvgIpc) is 2.76. The molecule has 0 aliphatic rings. The first-order valence-corrected chi connectivity index (χ1v) is 10.1. The minimum absolute atomic E-state index is 0.626. The minimum Gasteiger partial charge on any atom is -0.493 e. The molecule has 2 aromatic rings. The van der Waals surface area contributed by atoms with E-state index in [0.29, 0.717) is 25.7 Å². The third-order valence-corrected chi connectivity index (χ3v) is 4.44. The fourth-order valence-electron chi connectivity index (χ4n) is 2.81. The molecule has 158 valence electrons. The van der Waals surface area contributed by atoms with Crippen LogP contribution in [0.25, 0.3) is 0 Å². The summed E-state index contributed by atoms with van der Waals surface area (Å²) in [5, 5.41) is 6.61. The van der Waals surface area contributed by atoms with Crippen molar-refractivity contribution in [1.82, 2.24) is 10.3 Å². The first-order valence-electron chi connectivity index (χ1n) is 10.1. The van der Waals surface area contributed by atoms with E-state index < -0.39 is 0 Å². The predicted molar refractivity (Wildman–Crippen MR) is 120 cm³/mol. The van der Waals surface area contributed by atoms with Gasteiger partial charge in [0.25, 0.3) is 0 Å². The number of methoxy groups -OCH3 is 1. The van der Waals surface area contributed by atoms with Crippen LogP contribution >= 0.6 is 0 Å². The summed E-state index contributed by atoms with van der Waals surface area (Å²) in [7, 11) is 3.45. The highest BCUT2D eigenvalue weighted by Gasteiger charge is 2.05. The van der Waals surface area contributed by atoms with Gasteiger partial charge in [0, 0.05) is 64.8 Å². The second-order valence-electron chi connectivity index (χ2n) is 6.47. The lowest BCUT2D eigenvalue weighted by Crippen LogP contribution is -2.30. The van der Waals surface area contributed by atoms with E-state index in [4.69, 9.17) is 9.47 Å². The molecule has 1 heterocycles. The van der Waals surface area contributed by atoms with E-state index in [1.54, 1.807) is 14.2 Å². The van der Waals surface area contributed by atoms with Gasteiger partial charge >= 0.3 is 0 Å². The van der Waals surface area contributed by atoms with Crippen molar-refractivity contribution >= 4 is 17.5 Å². The van der Waals surface area contributed by atoms with E-state index in [1.807, 2.05) is 30.5 Å². The smallest absolute Gasteiger partial charge is 0.195 e. The number of anilines is 2. The SMILES string of the molecule is CCN(CC)c1ccc(CNC(=NC)Nc2cccc(OCCCOC)c2)cn1. The Kier molecular flexibility index (Phi) is 9.78. The van der Waals surface area contributed by atoms with Crippen LogP contribution in [0.3, 0.4) is 0 Å². The van der Waals surface area contributed by atoms with Crippen molar-refractivity contribution in [2.75, 3.05) is 50.7 Å². The number of aliphatic imine (C=N–C) groups is 1. The second kappa shape index (κ2) is 12.6. The zero-order valence-corrected chi connectivity index (χ0v) is 17.9. The molecule has 0 amide bonds. The molecule has 0 spiro atoms. The fourth-order valence-corrected chi connectivity index (χ4v) is 2.81. The monoisotopic (exact) mass is 399 g/mol. The lowest BCUT2D eigenvalue weighted by molar-refractivity contribution is 0.172. The maximum atomic E-state index is 5.75. The van der Waals surface area contributed by atoms with Crippen LogP contribution in [0.2, 0.25) is 0 Å². The Balaban J connectivity index is 1.87. The van der Waals surface area contributed by atoms with Crippen molar-refractivity contribution in [2.45, 2.75) is 26.8 Å². The quantitative estimate of drug-likeness (QED) is 0.342. The zero-order chi connectivity index (χ0) is 20.9. The first kappa shape index (κ1) is 22.5. The van der Waals surface area contributed by atoms with Gasteiger partial charge in [0.15, 0.2) is 5.96 Å². The summed E-state index contributed by atoms with van der Waals surface area (Å²) in [6.45, 7) is 8.13. The largest absolute Gasteiger partial charge is 0.493 e. The summed E-state index contributed by atoms with van der Waals surface area (Å²) in [6.07, 6.45) is 2.76. The number of guanidine groups is 1. The highest BCUT2D eigenvalue weighted by molar-refractivity contribution is 5.93. The Morgan fingerprint density at radius 2 is 1.97 bits per heavy atom. The molecule has 0 aliphatic carbocycles. The van der Waals surface area contributed by atoms with Crippen LogP contribution in [0.15, 0.2) is 47.6 Å². The molecule has 0 bridgehead atoms. The number of ether oxygens (including phenoxy) is 2. The van der Waals surface area contributed by atoms with Crippen molar-refractivity contribution in [3.8, 4) is 5.75 Å². The summed E-state index contributed by atoms with van der Waals surface area (Å²) >= 11 is 0. The first-order chi connectivity index (χ1) is 14.2. The van der Waals surface area contributed by atoms with Crippen molar-refractivity contribution in [1.29, 1.82) is 0 Å². The number of benzene rings is 1. The molecule has 2 rings (SSSR count). The van der Waals surface area contributed by atoms with Crippen LogP contribution in [0.1, 0.15) is 25.8 Å². The molecule has 0 aliphatic heterocycles. The number of hydrogen-bond donors (Lipinski definition) is 2. The molecule has 0 radical (unpaired) electrons. The highest BCUT2D eigenvalue weighted by atomic mass is 16.5. The Bertz CT molecular complexity index is 745. The third kappa shape index (κ3) is 7.62. The van der Waals surface area contributed by atoms with E-state index >= 15 is 0 Å². The molecule has 1 aromatic heterocycles. The van der Waals surface area contributed by atoms with Gasteiger partial charge in [0.05, 0.1) is 6.61 Å². The maximum absolute atomic E-state index is 5.75. The van der Waals surface area contributed by atoms with Gasteiger partial charge in [0.1, 0.15) is 11.6 Å². The third-order valence-electron chi connectivity index (χ3n) is 4.44. The molecule has 0 fully saturated rings. The molecule has 7 heteroatoms. The van der Waals surface area contributed by atoms with E-state index in [9.17, 15) is 0 Å². The number of pyridine rings is 1. The Morgan fingerprint density at radius 1 is 1.14 bits per heavy atom. The number of rotatable bonds is 11. The molecule has 29 heavy (non-hydrogen) atoms. The van der Waals surface area contributed by atoms with Crippen molar-refractivity contribution in [3.05, 3.63) is 48.2 Å². The maximum Gasteiger partial charge on any atom is 0.195 e. The van der Waals surface area contributed by atoms with Gasteiger partial charge in [-0.3, -0.25) is 4.99 Å². The Morgan fingerprint density at radius 3 is 2.62 bits per heavy atom. The average molecular weight is 400 g/mol. The summed E-state index contributed by atoms with van der Waals surface area (Å²) in [5.41, 5.74) is 2.01. The van der Waals surface area contributed by atoms with Gasteiger partial charge in [-0.1, -0.05) is 12.1 Å². The van der Waals surface area contributed by atoms with Gasteiger partial charge in [-0.15, -0.1) is 0 Å². The molecule has 2 N–H and O–H groups in total. The van der Waals surface area contributed by atoms with Gasteiger partial charge in [0.2, 0.25) is 0 Å². The second-order valence-corrected chi connectivity index (χ2v) is 6.47. The predicted octanol–water partition coefficient (Wildman–Crippen LogP) is 3.53. The number of nitrogens with one attached hydrogen (secondary N) is 2. The molecule has 0 unspecified atom stereocenters. The molecular weight excluding hydrogens is 366 g/mol. The van der Waals surface area contributed by atoms with Crippen LogP contribution in [-0.4, -0.2) is 51.4 Å². The van der Waals surface area contributed by atoms with Crippen LogP contribution < -0.4 is 20.3 Å². The van der Waals surface area contributed by atoms with E-state index in [0.717, 1.165) is 42.3 Å². The van der Waals surface area contributed by atoms with E-state index in [-0.39, 0.29) is 0 Å². The number of nitrogens with zero attached hydrogens (tertiary/aromatic N) is 3. The zero-order valence-electron chi connectivity index (χ0n) is 17.9. The molecule has 0 saturated heterocycles. The molecule has 0 saturated carbocycles. The summed E-state index contributed by atoms with van der Waals surface area (Å²) in [6, 6.07) is 12.0. The Hall–Kier alpha value is -2.80. The summed E-state index contributed by atoms with van der Waals surface area (Å²) < 4.78 is 10.8. The molecular formula is C22H33N5O2. The number of hydrogen-bond acceptors (Lipinski definition) is 5. The molecule has 0 atom stereocenters. The number of aromatic nitrogens is 1. The standard InChI is InChI=1S/C22H33N5O2/c1-5-27(6-2)21-12-11-18(16-24-21)17-25-22(23-3)26-19-9-7-10-20(15-19)29-14-8-13-28-4/h7,9-12,15-16H,5-6,8,13-14,17H2,1-4H3,(H2,23,25,26). The van der Waals surface area contributed by atoms with E-state index in [1.165, 1.54) is 0 Å². The lowest BCUT2D eigenvalue weighted by atomic mass is 10.2. The van der Waals surface area contributed by atoms with Crippen molar-refractivity contribution in [3.63, 3.8) is 0 Å². The summed E-state index contributed by atoms with van der Waals surface area (Å²) in [5.74, 6) is 2.51. The normalized spacial score (nSPS) is 11.2. The van der Waals surface area contributed by atoms with Gasteiger partial charge in [-0.25, -0.2) is 4.98 Å². The molecule has 1 aromatic carbocycles. The summed E-state index contributed by atoms with van der Waals surface area (Å²) in [4.78, 5) is 11.1. The minimum atomic E-state index is 0.626. The van der Waals surface area contributed by atoms with Crippen molar-refractivity contribution < 1.29 is 9.47 Å². The van der Waals surface area contributed by atoms with Gasteiger partial charge in [-0.05, 0) is 37.6 Å². The molecule has 7 nitrogen and oxygen atoms in total. The van der Waals surface area contributed by atoms with E-state index in [2.05, 4.69) is 51.5 Å². The fraction of sp³-hybridized carbons (Fsp3) is 0.455. The highest BCUT2D eigenvalue weighted by Crippen LogP contribution is 2.17. The topological polar surface area (TPSA) is 71.0 Å². The van der Waals surface area contributed by atoms with Crippen LogP contribution in [0, 0.1) is 0 Å². The lowest BCUT2D eigenvalue weighted by Gasteiger charge is -2.19.